The number of sulfone groups is 1. The molecule has 0 aromatic heterocycles. The third-order valence-corrected chi connectivity index (χ3v) is 5.06. The zero-order valence-corrected chi connectivity index (χ0v) is 11.6. The van der Waals surface area contributed by atoms with Gasteiger partial charge in [0.25, 0.3) is 0 Å². The lowest BCUT2D eigenvalue weighted by molar-refractivity contribution is 0.381. The third kappa shape index (κ3) is 2.87. The average molecular weight is 317 g/mol. The predicted octanol–water partition coefficient (Wildman–Crippen LogP) is 2.62. The van der Waals surface area contributed by atoms with Gasteiger partial charge in [-0.25, -0.2) is 30.4 Å². The Morgan fingerprint density at radius 3 is 1.60 bits per heavy atom. The van der Waals surface area contributed by atoms with Crippen molar-refractivity contribution in [1.82, 2.24) is 0 Å². The van der Waals surface area contributed by atoms with Gasteiger partial charge in [-0.15, -0.1) is 0 Å². The van der Waals surface area contributed by atoms with Crippen molar-refractivity contribution in [2.45, 2.75) is 18.6 Å². The summed E-state index contributed by atoms with van der Waals surface area (Å²) in [6.45, 7) is 1.98. The van der Waals surface area contributed by atoms with Gasteiger partial charge in [-0.2, -0.15) is 0 Å². The Balaban J connectivity index is 3.19. The molecule has 0 atom stereocenters. The number of anilines is 1. The summed E-state index contributed by atoms with van der Waals surface area (Å²) in [6, 6.07) is 0. The molecule has 1 aromatic rings. The smallest absolute Gasteiger partial charge is 0.200 e. The van der Waals surface area contributed by atoms with Crippen LogP contribution in [0.25, 0.3) is 0 Å². The van der Waals surface area contributed by atoms with E-state index in [2.05, 4.69) is 0 Å². The average Bonchev–Trinajstić information content (AvgIpc) is 2.32. The summed E-state index contributed by atoms with van der Waals surface area (Å²) in [7, 11) is -3.60. The van der Waals surface area contributed by atoms with Crippen molar-refractivity contribution in [3.05, 3.63) is 29.1 Å². The lowest BCUT2D eigenvalue weighted by atomic mass is 10.2. The van der Waals surface area contributed by atoms with E-state index in [1.165, 1.54) is 13.8 Å². The maximum absolute atomic E-state index is 13.3. The highest BCUT2D eigenvalue weighted by atomic mass is 32.2. The maximum atomic E-state index is 13.3. The summed E-state index contributed by atoms with van der Waals surface area (Å²) < 4.78 is 86.7. The summed E-state index contributed by atoms with van der Waals surface area (Å²) in [6.07, 6.45) is 0.896. The number of benzene rings is 1. The largest absolute Gasteiger partial charge is 0.379 e. The lowest BCUT2D eigenvalue weighted by Crippen LogP contribution is -2.38. The maximum Gasteiger partial charge on any atom is 0.200 e. The van der Waals surface area contributed by atoms with Crippen molar-refractivity contribution in [2.24, 2.45) is 0 Å². The van der Waals surface area contributed by atoms with E-state index in [-0.39, 0.29) is 0 Å². The zero-order valence-electron chi connectivity index (χ0n) is 10.8. The van der Waals surface area contributed by atoms with Gasteiger partial charge in [-0.05, 0) is 13.8 Å². The van der Waals surface area contributed by atoms with E-state index in [4.69, 9.17) is 0 Å². The number of hydrogen-bond acceptors (Lipinski definition) is 3. The van der Waals surface area contributed by atoms with Gasteiger partial charge in [0.1, 0.15) is 5.69 Å². The summed E-state index contributed by atoms with van der Waals surface area (Å²) in [5.74, 6) is -10.5. The van der Waals surface area contributed by atoms with Gasteiger partial charge < -0.3 is 5.32 Å². The normalized spacial score (nSPS) is 12.6. The van der Waals surface area contributed by atoms with Gasteiger partial charge in [0.2, 0.25) is 5.82 Å². The van der Waals surface area contributed by atoms with Crippen LogP contribution in [0.3, 0.4) is 0 Å². The lowest BCUT2D eigenvalue weighted by Gasteiger charge is -2.23. The van der Waals surface area contributed by atoms with Crippen LogP contribution in [-0.2, 0) is 9.84 Å². The van der Waals surface area contributed by atoms with Crippen molar-refractivity contribution >= 4 is 15.5 Å². The van der Waals surface area contributed by atoms with Crippen molar-refractivity contribution in [3.63, 3.8) is 0 Å². The molecule has 1 N–H and O–H groups in total. The molecule has 9 heteroatoms. The van der Waals surface area contributed by atoms with Gasteiger partial charge in [-0.3, -0.25) is 0 Å². The standard InChI is InChI=1S/C11H12F5NO2S/c1-11(2,20(3,18)19)4-17-10-8(15)6(13)5(12)7(14)9(10)16/h17H,4H2,1-3H3. The Hall–Kier alpha value is -1.38. The topological polar surface area (TPSA) is 46.2 Å². The number of hydrogen-bond donors (Lipinski definition) is 1. The Morgan fingerprint density at radius 2 is 1.25 bits per heavy atom. The van der Waals surface area contributed by atoms with Gasteiger partial charge in [0, 0.05) is 12.8 Å². The quantitative estimate of drug-likeness (QED) is 0.527. The van der Waals surface area contributed by atoms with Crippen LogP contribution in [0.4, 0.5) is 27.6 Å². The molecule has 1 aromatic carbocycles. The molecule has 0 unspecified atom stereocenters. The Morgan fingerprint density at radius 1 is 0.900 bits per heavy atom. The molecule has 0 fully saturated rings. The molecule has 0 bridgehead atoms. The van der Waals surface area contributed by atoms with Crippen LogP contribution in [0.5, 0.6) is 0 Å². The fourth-order valence-electron chi connectivity index (χ4n) is 1.19. The molecule has 0 heterocycles. The van der Waals surface area contributed by atoms with Crippen LogP contribution >= 0.6 is 0 Å². The van der Waals surface area contributed by atoms with Gasteiger partial charge in [0.05, 0.1) is 4.75 Å². The highest BCUT2D eigenvalue weighted by Crippen LogP contribution is 2.28. The third-order valence-electron chi connectivity index (χ3n) is 2.90. The fraction of sp³-hybridized carbons (Fsp3) is 0.455. The molecular weight excluding hydrogens is 305 g/mol. The molecule has 0 aliphatic rings. The molecule has 20 heavy (non-hydrogen) atoms. The van der Waals surface area contributed by atoms with E-state index in [0.717, 1.165) is 6.26 Å². The van der Waals surface area contributed by atoms with Crippen LogP contribution in [-0.4, -0.2) is 26.0 Å². The first-order valence-electron chi connectivity index (χ1n) is 5.35. The van der Waals surface area contributed by atoms with Crippen LogP contribution < -0.4 is 5.32 Å². The fourth-order valence-corrected chi connectivity index (χ4v) is 1.53. The minimum Gasteiger partial charge on any atom is -0.379 e. The number of halogens is 5. The van der Waals surface area contributed by atoms with Gasteiger partial charge in [0.15, 0.2) is 33.1 Å². The Bertz CT molecular complexity index is 614. The molecular formula is C11H12F5NO2S. The Kier molecular flexibility index (Phi) is 4.33. The summed E-state index contributed by atoms with van der Waals surface area (Å²) in [5.41, 5.74) is -1.25. The molecule has 114 valence electrons. The van der Waals surface area contributed by atoms with E-state index in [9.17, 15) is 30.4 Å². The zero-order chi connectivity index (χ0) is 15.9. The second-order valence-electron chi connectivity index (χ2n) is 4.83. The van der Waals surface area contributed by atoms with Crippen molar-refractivity contribution < 1.29 is 30.4 Å². The molecule has 0 spiro atoms. The first-order chi connectivity index (χ1) is 8.90. The van der Waals surface area contributed by atoms with Gasteiger partial charge >= 0.3 is 0 Å². The van der Waals surface area contributed by atoms with Crippen molar-refractivity contribution in [1.29, 1.82) is 0 Å². The van der Waals surface area contributed by atoms with Crippen LogP contribution in [0.1, 0.15) is 13.8 Å². The van der Waals surface area contributed by atoms with Crippen LogP contribution in [0.15, 0.2) is 0 Å². The minimum atomic E-state index is -3.60. The van der Waals surface area contributed by atoms with E-state index < -0.39 is 55.9 Å². The van der Waals surface area contributed by atoms with Gasteiger partial charge in [-0.1, -0.05) is 0 Å². The molecule has 0 aliphatic heterocycles. The van der Waals surface area contributed by atoms with Crippen LogP contribution in [0, 0.1) is 29.1 Å². The second kappa shape index (κ2) is 5.19. The highest BCUT2D eigenvalue weighted by Gasteiger charge is 2.32. The minimum absolute atomic E-state index is 0.524. The summed E-state index contributed by atoms with van der Waals surface area (Å²) >= 11 is 0. The number of nitrogens with one attached hydrogen (secondary N) is 1. The Labute approximate surface area is 112 Å². The first kappa shape index (κ1) is 16.7. The molecule has 0 saturated heterocycles. The second-order valence-corrected chi connectivity index (χ2v) is 7.48. The van der Waals surface area contributed by atoms with Crippen LogP contribution in [0.2, 0.25) is 0 Å². The first-order valence-corrected chi connectivity index (χ1v) is 7.24. The molecule has 1 rings (SSSR count). The summed E-state index contributed by atoms with van der Waals surface area (Å²) in [4.78, 5) is 0. The molecule has 3 nitrogen and oxygen atoms in total. The monoisotopic (exact) mass is 317 g/mol. The summed E-state index contributed by atoms with van der Waals surface area (Å²) in [5, 5.41) is 1.96. The van der Waals surface area contributed by atoms with E-state index in [1.54, 1.807) is 0 Å². The molecule has 0 saturated carbocycles. The molecule has 0 amide bonds. The van der Waals surface area contributed by atoms with E-state index in [1.807, 2.05) is 5.32 Å². The molecule has 0 aliphatic carbocycles. The van der Waals surface area contributed by atoms with Crippen molar-refractivity contribution in [3.8, 4) is 0 Å². The van der Waals surface area contributed by atoms with E-state index >= 15 is 0 Å². The SMILES string of the molecule is CC(C)(CNc1c(F)c(F)c(F)c(F)c1F)S(C)(=O)=O. The predicted molar refractivity (Wildman–Crippen MR) is 63.6 cm³/mol. The van der Waals surface area contributed by atoms with Crippen molar-refractivity contribution in [2.75, 3.05) is 18.1 Å². The molecule has 0 radical (unpaired) electrons. The number of rotatable bonds is 4. The highest BCUT2D eigenvalue weighted by molar-refractivity contribution is 7.92. The van der Waals surface area contributed by atoms with E-state index in [0.29, 0.717) is 0 Å².